The molecule has 0 spiro atoms. The summed E-state index contributed by atoms with van der Waals surface area (Å²) in [6.07, 6.45) is 0. The van der Waals surface area contributed by atoms with Gasteiger partial charge in [-0.05, 0) is 36.8 Å². The molecule has 0 atom stereocenters. The number of carbonyl (C=O) groups excluding carboxylic acids is 1. The molecule has 0 bridgehead atoms. The Morgan fingerprint density at radius 3 is 2.60 bits per heavy atom. The molecule has 0 aromatic heterocycles. The Kier molecular flexibility index (Phi) is 5.79. The van der Waals surface area contributed by atoms with Crippen LogP contribution in [0.4, 0.5) is 10.1 Å². The fourth-order valence-electron chi connectivity index (χ4n) is 2.99. The van der Waals surface area contributed by atoms with Gasteiger partial charge in [0.1, 0.15) is 5.82 Å². The van der Waals surface area contributed by atoms with Crippen molar-refractivity contribution < 1.29 is 13.9 Å². The number of para-hydroxylation sites is 1. The van der Waals surface area contributed by atoms with Gasteiger partial charge in [0.25, 0.3) is 5.91 Å². The minimum absolute atomic E-state index is 0.170. The number of morpholine rings is 1. The first-order valence-electron chi connectivity index (χ1n) is 8.58. The summed E-state index contributed by atoms with van der Waals surface area (Å²) in [5.41, 5.74) is 2.01. The summed E-state index contributed by atoms with van der Waals surface area (Å²) in [7, 11) is 0. The average molecular weight is 342 g/mol. The molecule has 132 valence electrons. The Morgan fingerprint density at radius 1 is 1.16 bits per heavy atom. The van der Waals surface area contributed by atoms with Crippen LogP contribution in [0.1, 0.15) is 15.9 Å². The number of rotatable bonds is 5. The number of hydrogen-bond donors (Lipinski definition) is 0. The van der Waals surface area contributed by atoms with Gasteiger partial charge in [-0.25, -0.2) is 4.39 Å². The Hall–Kier alpha value is -2.24. The maximum atomic E-state index is 13.7. The molecule has 3 rings (SSSR count). The number of aryl methyl sites for hydroxylation is 1. The van der Waals surface area contributed by atoms with Crippen molar-refractivity contribution in [1.29, 1.82) is 0 Å². The Morgan fingerprint density at radius 2 is 1.88 bits per heavy atom. The van der Waals surface area contributed by atoms with E-state index in [0.29, 0.717) is 12.1 Å². The number of amides is 1. The van der Waals surface area contributed by atoms with Crippen molar-refractivity contribution in [2.24, 2.45) is 0 Å². The smallest absolute Gasteiger partial charge is 0.258 e. The molecule has 25 heavy (non-hydrogen) atoms. The van der Waals surface area contributed by atoms with Crippen molar-refractivity contribution in [3.05, 3.63) is 65.5 Å². The van der Waals surface area contributed by atoms with Gasteiger partial charge in [-0.2, -0.15) is 0 Å². The van der Waals surface area contributed by atoms with Crippen molar-refractivity contribution in [3.63, 3.8) is 0 Å². The zero-order chi connectivity index (χ0) is 17.6. The molecule has 0 radical (unpaired) electrons. The minimum Gasteiger partial charge on any atom is -0.379 e. The van der Waals surface area contributed by atoms with Crippen LogP contribution in [0.25, 0.3) is 0 Å². The van der Waals surface area contributed by atoms with Gasteiger partial charge in [0.15, 0.2) is 0 Å². The summed E-state index contributed by atoms with van der Waals surface area (Å²) in [6, 6.07) is 13.9. The minimum atomic E-state index is -0.393. The van der Waals surface area contributed by atoms with Crippen LogP contribution in [-0.2, 0) is 4.74 Å². The van der Waals surface area contributed by atoms with E-state index in [9.17, 15) is 9.18 Å². The molecule has 4 nitrogen and oxygen atoms in total. The molecule has 1 aliphatic rings. The summed E-state index contributed by atoms with van der Waals surface area (Å²) in [5.74, 6) is -0.563. The summed E-state index contributed by atoms with van der Waals surface area (Å²) in [5, 5.41) is 0. The van der Waals surface area contributed by atoms with E-state index in [1.54, 1.807) is 11.0 Å². The third kappa shape index (κ3) is 4.44. The lowest BCUT2D eigenvalue weighted by Gasteiger charge is -2.30. The fourth-order valence-corrected chi connectivity index (χ4v) is 2.99. The normalized spacial score (nSPS) is 15.1. The van der Waals surface area contributed by atoms with Crippen LogP contribution in [0.15, 0.2) is 48.5 Å². The first kappa shape index (κ1) is 17.6. The summed E-state index contributed by atoms with van der Waals surface area (Å²) >= 11 is 0. The predicted octanol–water partition coefficient (Wildman–Crippen LogP) is 3.11. The van der Waals surface area contributed by atoms with Crippen LogP contribution in [0.5, 0.6) is 0 Å². The number of nitrogens with zero attached hydrogens (tertiary/aromatic N) is 2. The highest BCUT2D eigenvalue weighted by Crippen LogP contribution is 2.20. The van der Waals surface area contributed by atoms with E-state index < -0.39 is 5.82 Å². The third-order valence-corrected chi connectivity index (χ3v) is 4.49. The van der Waals surface area contributed by atoms with E-state index in [1.807, 2.05) is 37.3 Å². The van der Waals surface area contributed by atoms with E-state index in [4.69, 9.17) is 4.74 Å². The van der Waals surface area contributed by atoms with Crippen LogP contribution in [0, 0.1) is 12.7 Å². The van der Waals surface area contributed by atoms with Gasteiger partial charge in [0.2, 0.25) is 0 Å². The van der Waals surface area contributed by atoms with E-state index in [2.05, 4.69) is 4.90 Å². The Bertz CT molecular complexity index is 715. The number of anilines is 1. The molecule has 2 aromatic rings. The molecule has 0 N–H and O–H groups in total. The second-order valence-corrected chi connectivity index (χ2v) is 6.21. The van der Waals surface area contributed by atoms with Crippen molar-refractivity contribution in [3.8, 4) is 0 Å². The standard InChI is InChI=1S/C20H23FN2O2/c1-16-7-8-17(21)15-19(16)20(24)23(18-5-3-2-4-6-18)10-9-22-11-13-25-14-12-22/h2-8,15H,9-14H2,1H3. The summed E-state index contributed by atoms with van der Waals surface area (Å²) < 4.78 is 19.0. The van der Waals surface area contributed by atoms with Crippen molar-refractivity contribution >= 4 is 11.6 Å². The van der Waals surface area contributed by atoms with Crippen molar-refractivity contribution in [2.45, 2.75) is 6.92 Å². The summed E-state index contributed by atoms with van der Waals surface area (Å²) in [4.78, 5) is 17.1. The highest BCUT2D eigenvalue weighted by molar-refractivity contribution is 6.07. The molecule has 1 amide bonds. The Labute approximate surface area is 147 Å². The van der Waals surface area contributed by atoms with Crippen LogP contribution in [-0.4, -0.2) is 50.2 Å². The average Bonchev–Trinajstić information content (AvgIpc) is 2.65. The lowest BCUT2D eigenvalue weighted by atomic mass is 10.1. The van der Waals surface area contributed by atoms with Gasteiger partial charge in [0, 0.05) is 37.4 Å². The van der Waals surface area contributed by atoms with Crippen LogP contribution in [0.3, 0.4) is 0 Å². The first-order chi connectivity index (χ1) is 12.1. The number of ether oxygens (including phenoxy) is 1. The van der Waals surface area contributed by atoms with Crippen LogP contribution in [0.2, 0.25) is 0 Å². The maximum Gasteiger partial charge on any atom is 0.258 e. The zero-order valence-corrected chi connectivity index (χ0v) is 14.5. The van der Waals surface area contributed by atoms with Crippen LogP contribution < -0.4 is 4.90 Å². The molecule has 0 aliphatic carbocycles. The van der Waals surface area contributed by atoms with Gasteiger partial charge in [-0.1, -0.05) is 24.3 Å². The largest absolute Gasteiger partial charge is 0.379 e. The van der Waals surface area contributed by atoms with Crippen molar-refractivity contribution in [2.75, 3.05) is 44.3 Å². The van der Waals surface area contributed by atoms with Gasteiger partial charge in [-0.3, -0.25) is 9.69 Å². The molecular weight excluding hydrogens is 319 g/mol. The lowest BCUT2D eigenvalue weighted by molar-refractivity contribution is 0.0391. The molecule has 1 fully saturated rings. The van der Waals surface area contributed by atoms with Gasteiger partial charge >= 0.3 is 0 Å². The lowest BCUT2D eigenvalue weighted by Crippen LogP contribution is -2.43. The van der Waals surface area contributed by atoms with E-state index in [-0.39, 0.29) is 5.91 Å². The second-order valence-electron chi connectivity index (χ2n) is 6.21. The first-order valence-corrected chi connectivity index (χ1v) is 8.58. The molecule has 1 saturated heterocycles. The molecule has 1 heterocycles. The molecule has 5 heteroatoms. The summed E-state index contributed by atoms with van der Waals surface area (Å²) in [6.45, 7) is 6.34. The maximum absolute atomic E-state index is 13.7. The third-order valence-electron chi connectivity index (χ3n) is 4.49. The Balaban J connectivity index is 1.82. The number of hydrogen-bond acceptors (Lipinski definition) is 3. The molecular formula is C20H23FN2O2. The van der Waals surface area contributed by atoms with Gasteiger partial charge in [0.05, 0.1) is 13.2 Å². The van der Waals surface area contributed by atoms with E-state index >= 15 is 0 Å². The van der Waals surface area contributed by atoms with Crippen molar-refractivity contribution in [1.82, 2.24) is 4.90 Å². The second kappa shape index (κ2) is 8.23. The molecule has 0 saturated carbocycles. The fraction of sp³-hybridized carbons (Fsp3) is 0.350. The topological polar surface area (TPSA) is 32.8 Å². The monoisotopic (exact) mass is 342 g/mol. The molecule has 2 aromatic carbocycles. The van der Waals surface area contributed by atoms with Gasteiger partial charge in [-0.15, -0.1) is 0 Å². The van der Waals surface area contributed by atoms with E-state index in [1.165, 1.54) is 12.1 Å². The highest BCUT2D eigenvalue weighted by atomic mass is 19.1. The van der Waals surface area contributed by atoms with E-state index in [0.717, 1.165) is 44.1 Å². The number of benzene rings is 2. The zero-order valence-electron chi connectivity index (χ0n) is 14.5. The predicted molar refractivity (Wildman–Crippen MR) is 96.5 cm³/mol. The number of carbonyl (C=O) groups is 1. The SMILES string of the molecule is Cc1ccc(F)cc1C(=O)N(CCN1CCOCC1)c1ccccc1. The molecule has 1 aliphatic heterocycles. The van der Waals surface area contributed by atoms with Gasteiger partial charge < -0.3 is 9.64 Å². The van der Waals surface area contributed by atoms with Crippen LogP contribution >= 0.6 is 0 Å². The quantitative estimate of drug-likeness (QED) is 0.837. The number of halogens is 1. The highest BCUT2D eigenvalue weighted by Gasteiger charge is 2.21. The molecule has 0 unspecified atom stereocenters.